The second kappa shape index (κ2) is 7.82. The molecule has 0 bridgehead atoms. The number of amides is 1. The van der Waals surface area contributed by atoms with Crippen LogP contribution >= 0.6 is 0 Å². The van der Waals surface area contributed by atoms with E-state index in [1.807, 2.05) is 0 Å². The molecule has 1 saturated heterocycles. The standard InChI is InChI=1S/C20H19NO5/c1-25-18-9-3-2-8-16(18)17(22)13-26-20(24)14-6-4-7-15(12-14)21-11-5-10-19(21)23/h2-4,6-9,12H,5,10-11,13H2,1H3. The van der Waals surface area contributed by atoms with Crippen molar-refractivity contribution in [2.75, 3.05) is 25.2 Å². The lowest BCUT2D eigenvalue weighted by molar-refractivity contribution is -0.117. The van der Waals surface area contributed by atoms with Gasteiger partial charge in [-0.15, -0.1) is 0 Å². The summed E-state index contributed by atoms with van der Waals surface area (Å²) in [4.78, 5) is 38.0. The Bertz CT molecular complexity index is 846. The van der Waals surface area contributed by atoms with E-state index in [9.17, 15) is 14.4 Å². The molecule has 0 spiro atoms. The Balaban J connectivity index is 1.67. The van der Waals surface area contributed by atoms with Gasteiger partial charge in [-0.05, 0) is 36.8 Å². The van der Waals surface area contributed by atoms with E-state index in [0.29, 0.717) is 35.5 Å². The molecule has 0 aromatic heterocycles. The molecule has 1 fully saturated rings. The van der Waals surface area contributed by atoms with Crippen LogP contribution in [0.15, 0.2) is 48.5 Å². The number of esters is 1. The molecule has 0 aliphatic carbocycles. The van der Waals surface area contributed by atoms with Crippen molar-refractivity contribution in [2.24, 2.45) is 0 Å². The molecule has 3 rings (SSSR count). The largest absolute Gasteiger partial charge is 0.496 e. The molecule has 1 aliphatic heterocycles. The number of para-hydroxylation sites is 1. The molecule has 1 amide bonds. The maximum atomic E-state index is 12.3. The number of carbonyl (C=O) groups is 3. The van der Waals surface area contributed by atoms with Crippen molar-refractivity contribution in [3.63, 3.8) is 0 Å². The van der Waals surface area contributed by atoms with Gasteiger partial charge in [0.2, 0.25) is 11.7 Å². The van der Waals surface area contributed by atoms with Crippen molar-refractivity contribution in [1.29, 1.82) is 0 Å². The molecule has 0 atom stereocenters. The number of Topliss-reactive ketones (excluding diaryl/α,β-unsaturated/α-hetero) is 1. The van der Waals surface area contributed by atoms with Gasteiger partial charge in [-0.1, -0.05) is 18.2 Å². The first-order valence-electron chi connectivity index (χ1n) is 8.34. The topological polar surface area (TPSA) is 72.9 Å². The van der Waals surface area contributed by atoms with Crippen LogP contribution < -0.4 is 9.64 Å². The number of anilines is 1. The van der Waals surface area contributed by atoms with Gasteiger partial charge in [-0.2, -0.15) is 0 Å². The Kier molecular flexibility index (Phi) is 5.31. The number of ether oxygens (including phenoxy) is 2. The Morgan fingerprint density at radius 1 is 1.12 bits per heavy atom. The summed E-state index contributed by atoms with van der Waals surface area (Å²) in [5.74, 6) is -0.478. The van der Waals surface area contributed by atoms with Crippen molar-refractivity contribution in [1.82, 2.24) is 0 Å². The molecule has 0 radical (unpaired) electrons. The minimum absolute atomic E-state index is 0.0434. The van der Waals surface area contributed by atoms with Gasteiger partial charge < -0.3 is 14.4 Å². The highest BCUT2D eigenvalue weighted by molar-refractivity contribution is 6.02. The maximum Gasteiger partial charge on any atom is 0.338 e. The molecule has 2 aromatic carbocycles. The van der Waals surface area contributed by atoms with Crippen LogP contribution in [-0.4, -0.2) is 37.9 Å². The van der Waals surface area contributed by atoms with Gasteiger partial charge in [-0.25, -0.2) is 4.79 Å². The molecule has 0 N–H and O–H groups in total. The van der Waals surface area contributed by atoms with Crippen molar-refractivity contribution >= 4 is 23.3 Å². The number of ketones is 1. The SMILES string of the molecule is COc1ccccc1C(=O)COC(=O)c1cccc(N2CCCC2=O)c1. The third kappa shape index (κ3) is 3.74. The number of hydrogen-bond donors (Lipinski definition) is 0. The van der Waals surface area contributed by atoms with Gasteiger partial charge >= 0.3 is 5.97 Å². The van der Waals surface area contributed by atoms with Crippen LogP contribution in [-0.2, 0) is 9.53 Å². The van der Waals surface area contributed by atoms with E-state index >= 15 is 0 Å². The third-order valence-electron chi connectivity index (χ3n) is 4.21. The van der Waals surface area contributed by atoms with Gasteiger partial charge in [0.05, 0.1) is 18.2 Å². The first kappa shape index (κ1) is 17.7. The lowest BCUT2D eigenvalue weighted by Gasteiger charge is -2.16. The van der Waals surface area contributed by atoms with Gasteiger partial charge in [0.1, 0.15) is 5.75 Å². The van der Waals surface area contributed by atoms with Crippen molar-refractivity contribution in [2.45, 2.75) is 12.8 Å². The fourth-order valence-corrected chi connectivity index (χ4v) is 2.89. The smallest absolute Gasteiger partial charge is 0.338 e. The van der Waals surface area contributed by atoms with E-state index in [-0.39, 0.29) is 18.3 Å². The van der Waals surface area contributed by atoms with Crippen LogP contribution in [0.1, 0.15) is 33.6 Å². The highest BCUT2D eigenvalue weighted by atomic mass is 16.5. The molecule has 0 saturated carbocycles. The average Bonchev–Trinajstić information content (AvgIpc) is 3.11. The zero-order valence-electron chi connectivity index (χ0n) is 14.4. The van der Waals surface area contributed by atoms with Crippen molar-refractivity contribution < 1.29 is 23.9 Å². The Morgan fingerprint density at radius 3 is 2.65 bits per heavy atom. The molecule has 134 valence electrons. The zero-order valence-corrected chi connectivity index (χ0v) is 14.4. The van der Waals surface area contributed by atoms with Crippen molar-refractivity contribution in [3.8, 4) is 5.75 Å². The van der Waals surface area contributed by atoms with Gasteiger partial charge in [0, 0.05) is 18.7 Å². The number of carbonyl (C=O) groups excluding carboxylic acids is 3. The van der Waals surface area contributed by atoms with E-state index < -0.39 is 5.97 Å². The normalized spacial score (nSPS) is 13.6. The van der Waals surface area contributed by atoms with E-state index in [4.69, 9.17) is 9.47 Å². The monoisotopic (exact) mass is 353 g/mol. The molecule has 6 nitrogen and oxygen atoms in total. The number of hydrogen-bond acceptors (Lipinski definition) is 5. The van der Waals surface area contributed by atoms with Crippen LogP contribution in [0.5, 0.6) is 5.75 Å². The predicted molar refractivity (Wildman–Crippen MR) is 95.6 cm³/mol. The Morgan fingerprint density at radius 2 is 1.92 bits per heavy atom. The van der Waals surface area contributed by atoms with E-state index in [1.165, 1.54) is 7.11 Å². The lowest BCUT2D eigenvalue weighted by atomic mass is 10.1. The molecule has 0 unspecified atom stereocenters. The highest BCUT2D eigenvalue weighted by Gasteiger charge is 2.22. The maximum absolute atomic E-state index is 12.3. The molecular formula is C20H19NO5. The summed E-state index contributed by atoms with van der Waals surface area (Å²) < 4.78 is 10.3. The predicted octanol–water partition coefficient (Wildman–Crippen LogP) is 2.86. The van der Waals surface area contributed by atoms with Gasteiger partial charge in [0.25, 0.3) is 0 Å². The Hall–Kier alpha value is -3.15. The quantitative estimate of drug-likeness (QED) is 0.590. The third-order valence-corrected chi connectivity index (χ3v) is 4.21. The van der Waals surface area contributed by atoms with Crippen LogP contribution in [0.3, 0.4) is 0 Å². The van der Waals surface area contributed by atoms with E-state index in [2.05, 4.69) is 0 Å². The van der Waals surface area contributed by atoms with Crippen molar-refractivity contribution in [3.05, 3.63) is 59.7 Å². The lowest BCUT2D eigenvalue weighted by Crippen LogP contribution is -2.24. The number of methoxy groups -OCH3 is 1. The zero-order chi connectivity index (χ0) is 18.5. The summed E-state index contributed by atoms with van der Waals surface area (Å²) in [5.41, 5.74) is 1.33. The second-order valence-corrected chi connectivity index (χ2v) is 5.90. The van der Waals surface area contributed by atoms with E-state index in [1.54, 1.807) is 53.4 Å². The minimum Gasteiger partial charge on any atom is -0.496 e. The summed E-state index contributed by atoms with van der Waals surface area (Å²) in [7, 11) is 1.48. The fourth-order valence-electron chi connectivity index (χ4n) is 2.89. The average molecular weight is 353 g/mol. The number of nitrogens with zero attached hydrogens (tertiary/aromatic N) is 1. The van der Waals surface area contributed by atoms with Crippen LogP contribution in [0.2, 0.25) is 0 Å². The summed E-state index contributed by atoms with van der Waals surface area (Å²) in [6.07, 6.45) is 1.32. The number of benzene rings is 2. The number of rotatable bonds is 6. The fraction of sp³-hybridized carbons (Fsp3) is 0.250. The van der Waals surface area contributed by atoms with Crippen LogP contribution in [0.4, 0.5) is 5.69 Å². The molecule has 1 heterocycles. The first-order chi connectivity index (χ1) is 12.6. The molecule has 26 heavy (non-hydrogen) atoms. The van der Waals surface area contributed by atoms with Gasteiger partial charge in [-0.3, -0.25) is 9.59 Å². The molecule has 1 aliphatic rings. The Labute approximate surface area is 151 Å². The summed E-state index contributed by atoms with van der Waals surface area (Å²) in [5, 5.41) is 0. The first-order valence-corrected chi connectivity index (χ1v) is 8.34. The molecular weight excluding hydrogens is 334 g/mol. The summed E-state index contributed by atoms with van der Waals surface area (Å²) >= 11 is 0. The van der Waals surface area contributed by atoms with Gasteiger partial charge in [0.15, 0.2) is 6.61 Å². The summed E-state index contributed by atoms with van der Waals surface area (Å²) in [6, 6.07) is 13.4. The van der Waals surface area contributed by atoms with Crippen LogP contribution in [0.25, 0.3) is 0 Å². The second-order valence-electron chi connectivity index (χ2n) is 5.90. The highest BCUT2D eigenvalue weighted by Crippen LogP contribution is 2.23. The molecule has 2 aromatic rings. The van der Waals surface area contributed by atoms with E-state index in [0.717, 1.165) is 6.42 Å². The molecule has 6 heteroatoms. The minimum atomic E-state index is -0.609. The summed E-state index contributed by atoms with van der Waals surface area (Å²) in [6.45, 7) is 0.260. The van der Waals surface area contributed by atoms with Crippen LogP contribution in [0, 0.1) is 0 Å².